The Kier molecular flexibility index (Phi) is 4.69. The summed E-state index contributed by atoms with van der Waals surface area (Å²) in [7, 11) is 0. The molecule has 0 aromatic rings. The third-order valence-electron chi connectivity index (χ3n) is 0.0505. The minimum Gasteiger partial charge on any atom is -0.0835 e. The summed E-state index contributed by atoms with van der Waals surface area (Å²) in [5, 5.41) is 0. The summed E-state index contributed by atoms with van der Waals surface area (Å²) in [6.45, 7) is 3.36. The van der Waals surface area contributed by atoms with Gasteiger partial charge in [-0.2, -0.15) is 0 Å². The highest BCUT2D eigenvalue weighted by atomic mass is 127. The predicted molar refractivity (Wildman–Crippen MR) is 33.6 cm³/mol. The van der Waals surface area contributed by atoms with Gasteiger partial charge >= 0.3 is 0 Å². The summed E-state index contributed by atoms with van der Waals surface area (Å²) in [5.74, 6) is 0. The van der Waals surface area contributed by atoms with Crippen LogP contribution in [0, 0.1) is 0 Å². The van der Waals surface area contributed by atoms with Gasteiger partial charge in [-0.15, -0.1) is 0 Å². The summed E-state index contributed by atoms with van der Waals surface area (Å²) in [4.78, 5) is 0. The van der Waals surface area contributed by atoms with Gasteiger partial charge < -0.3 is 0 Å². The lowest BCUT2D eigenvalue weighted by molar-refractivity contribution is 3.22. The van der Waals surface area contributed by atoms with E-state index in [4.69, 9.17) is 0 Å². The topological polar surface area (TPSA) is 0 Å². The van der Waals surface area contributed by atoms with E-state index in [9.17, 15) is 0 Å². The van der Waals surface area contributed by atoms with Crippen molar-refractivity contribution in [3.8, 4) is 0 Å². The molecule has 0 aliphatic carbocycles. The molecule has 0 nitrogen and oxygen atoms in total. The van der Waals surface area contributed by atoms with Crippen LogP contribution in [-0.4, -0.2) is 3.67 Å². The average molecular weight is 233 g/mol. The van der Waals surface area contributed by atoms with E-state index in [0.29, 0.717) is 0 Å². The molecule has 0 heterocycles. The SMILES string of the molecule is C=C=IBr. The zero-order chi connectivity index (χ0) is 3.41. The van der Waals surface area contributed by atoms with Gasteiger partial charge in [0.05, 0.1) is 0 Å². The minimum atomic E-state index is 0.0619. The molecule has 0 bridgehead atoms. The Morgan fingerprint density at radius 2 is 2.25 bits per heavy atom. The molecule has 2 heteroatoms. The van der Waals surface area contributed by atoms with Gasteiger partial charge in [-0.3, -0.25) is 0 Å². The molecule has 0 saturated carbocycles. The maximum atomic E-state index is 3.36. The maximum Gasteiger partial charge on any atom is 0.0121 e. The molecular formula is C2H2BrI. The van der Waals surface area contributed by atoms with Crippen molar-refractivity contribution < 1.29 is 0 Å². The van der Waals surface area contributed by atoms with Crippen LogP contribution in [0.5, 0.6) is 0 Å². The first-order valence-corrected chi connectivity index (χ1v) is 6.60. The zero-order valence-corrected chi connectivity index (χ0v) is 5.71. The average Bonchev–Trinajstić information content (AvgIpc) is 1.37. The Morgan fingerprint density at radius 1 is 2.00 bits per heavy atom. The molecule has 0 fully saturated rings. The van der Waals surface area contributed by atoms with E-state index in [0.717, 1.165) is 0 Å². The van der Waals surface area contributed by atoms with Crippen molar-refractivity contribution in [1.82, 2.24) is 0 Å². The van der Waals surface area contributed by atoms with Crippen LogP contribution >= 0.6 is 31.2 Å². The highest BCUT2D eigenvalue weighted by Crippen LogP contribution is 2.00. The normalized spacial score (nSPS) is 5.25. The van der Waals surface area contributed by atoms with Crippen molar-refractivity contribution in [1.29, 1.82) is 0 Å². The number of hydrogen-bond donors (Lipinski definition) is 0. The van der Waals surface area contributed by atoms with E-state index in [-0.39, 0.29) is 18.5 Å². The van der Waals surface area contributed by atoms with E-state index in [1.165, 1.54) is 0 Å². The number of halogens is 2. The van der Waals surface area contributed by atoms with E-state index >= 15 is 0 Å². The van der Waals surface area contributed by atoms with E-state index in [1.807, 2.05) is 0 Å². The standard InChI is InChI=1S/C2H2BrI/c1-2-4-3/h1H2. The molecule has 0 amide bonds. The molecule has 4 heavy (non-hydrogen) atoms. The van der Waals surface area contributed by atoms with Gasteiger partial charge in [-0.1, -0.05) is 10.2 Å². The Labute approximate surface area is 41.4 Å². The maximum absolute atomic E-state index is 3.36. The lowest BCUT2D eigenvalue weighted by Crippen LogP contribution is -1.05. The van der Waals surface area contributed by atoms with Gasteiger partial charge in [0.15, 0.2) is 0 Å². The van der Waals surface area contributed by atoms with Gasteiger partial charge in [-0.25, -0.2) is 0 Å². The first kappa shape index (κ1) is 4.86. The molecule has 24 valence electrons. The van der Waals surface area contributed by atoms with Gasteiger partial charge in [0.2, 0.25) is 0 Å². The van der Waals surface area contributed by atoms with Crippen LogP contribution in [0.4, 0.5) is 0 Å². The van der Waals surface area contributed by atoms with E-state index in [1.54, 1.807) is 0 Å². The Bertz CT molecular complexity index is 44.0. The van der Waals surface area contributed by atoms with Gasteiger partial charge in [0.1, 0.15) is 0 Å². The first-order valence-electron chi connectivity index (χ1n) is 0.685. The van der Waals surface area contributed by atoms with Crippen LogP contribution in [0.1, 0.15) is 0 Å². The van der Waals surface area contributed by atoms with Crippen molar-refractivity contribution in [2.75, 3.05) is 0 Å². The van der Waals surface area contributed by atoms with Crippen LogP contribution in [0.25, 0.3) is 0 Å². The van der Waals surface area contributed by atoms with Crippen LogP contribution in [-0.2, 0) is 0 Å². The van der Waals surface area contributed by atoms with Gasteiger partial charge in [-0.05, 0) is 12.7 Å². The molecule has 0 saturated heterocycles. The van der Waals surface area contributed by atoms with Crippen LogP contribution in [0.2, 0.25) is 0 Å². The second-order valence-electron chi connectivity index (χ2n) is 0.205. The smallest absolute Gasteiger partial charge is 0.0121 e. The van der Waals surface area contributed by atoms with Crippen LogP contribution in [0.15, 0.2) is 6.58 Å². The second kappa shape index (κ2) is 3.86. The summed E-state index contributed by atoms with van der Waals surface area (Å²) in [6, 6.07) is 0. The Hall–Kier alpha value is 0.860. The first-order chi connectivity index (χ1) is 1.91. The molecule has 0 N–H and O–H groups in total. The molecule has 0 aromatic carbocycles. The third-order valence-corrected chi connectivity index (χ3v) is 1.76. The Balaban J connectivity index is 3.11. The molecule has 0 unspecified atom stereocenters. The highest BCUT2D eigenvalue weighted by molar-refractivity contribution is 14.3. The summed E-state index contributed by atoms with van der Waals surface area (Å²) < 4.78 is 2.71. The summed E-state index contributed by atoms with van der Waals surface area (Å²) >= 11 is 3.25. The van der Waals surface area contributed by atoms with E-state index < -0.39 is 0 Å². The fourth-order valence-corrected chi connectivity index (χ4v) is 0. The summed E-state index contributed by atoms with van der Waals surface area (Å²) in [5.41, 5.74) is 0. The zero-order valence-electron chi connectivity index (χ0n) is 1.96. The molecule has 0 radical (unpaired) electrons. The van der Waals surface area contributed by atoms with Gasteiger partial charge in [0.25, 0.3) is 0 Å². The lowest BCUT2D eigenvalue weighted by atomic mass is 11.3. The monoisotopic (exact) mass is 232 g/mol. The van der Waals surface area contributed by atoms with Crippen molar-refractivity contribution in [2.24, 2.45) is 0 Å². The number of rotatable bonds is 0. The molecule has 0 atom stereocenters. The quantitative estimate of drug-likeness (QED) is 0.560. The predicted octanol–water partition coefficient (Wildman–Crippen LogP) is 1.85. The van der Waals surface area contributed by atoms with Crippen molar-refractivity contribution in [3.05, 3.63) is 6.58 Å². The van der Waals surface area contributed by atoms with Crippen molar-refractivity contribution >= 4 is 34.9 Å². The van der Waals surface area contributed by atoms with Crippen molar-refractivity contribution in [3.63, 3.8) is 0 Å². The molecule has 0 aliphatic heterocycles. The van der Waals surface area contributed by atoms with Crippen molar-refractivity contribution in [2.45, 2.75) is 0 Å². The van der Waals surface area contributed by atoms with E-state index in [2.05, 4.69) is 22.9 Å². The highest BCUT2D eigenvalue weighted by Gasteiger charge is 1.29. The fraction of sp³-hybridized carbons (Fsp3) is 0. The fourth-order valence-electron chi connectivity index (χ4n) is 0. The minimum absolute atomic E-state index is 0.0619. The largest absolute Gasteiger partial charge is 0.0835 e. The molecule has 0 rings (SSSR count). The van der Waals surface area contributed by atoms with Gasteiger partial charge in [0, 0.05) is 18.5 Å². The Morgan fingerprint density at radius 3 is 2.25 bits per heavy atom. The summed E-state index contributed by atoms with van der Waals surface area (Å²) in [6.07, 6.45) is 0. The lowest BCUT2D eigenvalue weighted by Gasteiger charge is -1.33. The number of hydrogen-bond acceptors (Lipinski definition) is 0. The molecule has 0 aromatic heterocycles. The van der Waals surface area contributed by atoms with Crippen LogP contribution in [0.3, 0.4) is 0 Å². The molecular weight excluding hydrogens is 231 g/mol. The van der Waals surface area contributed by atoms with Crippen LogP contribution < -0.4 is 0 Å². The molecule has 0 aliphatic rings. The second-order valence-corrected chi connectivity index (χ2v) is 3.39. The molecule has 0 spiro atoms. The third kappa shape index (κ3) is 2.86.